The second kappa shape index (κ2) is 10.2. The first-order chi connectivity index (χ1) is 8.95. The molecule has 0 radical (unpaired) electrons. The van der Waals surface area contributed by atoms with Gasteiger partial charge in [0.25, 0.3) is 0 Å². The molecule has 0 rings (SSSR count). The average Bonchev–Trinajstić information content (AvgIpc) is 2.39. The lowest BCUT2D eigenvalue weighted by molar-refractivity contribution is -0.139. The Hall–Kier alpha value is -0.580. The number of carbonyl (C=O) groups excluding carboxylic acids is 1. The van der Waals surface area contributed by atoms with Gasteiger partial charge in [-0.15, -0.1) is 0 Å². The van der Waals surface area contributed by atoms with Crippen molar-refractivity contribution in [1.82, 2.24) is 0 Å². The molecule has 0 aromatic heterocycles. The zero-order valence-corrected chi connectivity index (χ0v) is 13.3. The van der Waals surface area contributed by atoms with Crippen LogP contribution in [-0.4, -0.2) is 32.5 Å². The first-order valence-electron chi connectivity index (χ1n) is 7.25. The minimum atomic E-state index is -3.35. The fraction of sp³-hybridized carbons (Fsp3) is 0.929. The highest BCUT2D eigenvalue weighted by molar-refractivity contribution is 7.92. The molecule has 0 aliphatic rings. The lowest BCUT2D eigenvalue weighted by atomic mass is 10.1. The van der Waals surface area contributed by atoms with Gasteiger partial charge in [-0.05, 0) is 13.3 Å². The predicted molar refractivity (Wildman–Crippen MR) is 77.9 cm³/mol. The number of esters is 1. The number of hydrogen-bond donors (Lipinski definition) is 0. The lowest BCUT2D eigenvalue weighted by Crippen LogP contribution is -2.30. The van der Waals surface area contributed by atoms with E-state index in [1.165, 1.54) is 46.1 Å². The first-order valence-corrected chi connectivity index (χ1v) is 8.96. The van der Waals surface area contributed by atoms with Gasteiger partial charge in [-0.2, -0.15) is 0 Å². The number of rotatable bonds is 11. The van der Waals surface area contributed by atoms with Gasteiger partial charge in [0.2, 0.25) is 0 Å². The Morgan fingerprint density at radius 3 is 1.95 bits per heavy atom. The normalized spacial score (nSPS) is 13.2. The molecular weight excluding hydrogens is 264 g/mol. The molecule has 0 aliphatic heterocycles. The standard InChI is InChI=1S/C14H28O4S/c1-4-5-6-7-8-9-10-11-12-19(16,17)13(2)14(15)18-3/h13H,4-12H2,1-3H3/t13-/m1/s1. The summed E-state index contributed by atoms with van der Waals surface area (Å²) in [6.45, 7) is 3.58. The summed E-state index contributed by atoms with van der Waals surface area (Å²) in [6.07, 6.45) is 8.83. The van der Waals surface area contributed by atoms with Crippen molar-refractivity contribution in [2.24, 2.45) is 0 Å². The molecule has 114 valence electrons. The van der Waals surface area contributed by atoms with Crippen LogP contribution in [0.5, 0.6) is 0 Å². The molecule has 0 spiro atoms. The summed E-state index contributed by atoms with van der Waals surface area (Å²) in [4.78, 5) is 11.2. The quantitative estimate of drug-likeness (QED) is 0.433. The van der Waals surface area contributed by atoms with Gasteiger partial charge >= 0.3 is 5.97 Å². The van der Waals surface area contributed by atoms with Crippen molar-refractivity contribution >= 4 is 15.8 Å². The summed E-state index contributed by atoms with van der Waals surface area (Å²) in [5.41, 5.74) is 0. The van der Waals surface area contributed by atoms with Gasteiger partial charge in [-0.25, -0.2) is 8.42 Å². The Labute approximate surface area is 117 Å². The number of hydrogen-bond acceptors (Lipinski definition) is 4. The molecule has 0 amide bonds. The predicted octanol–water partition coefficient (Wildman–Crippen LogP) is 3.10. The van der Waals surface area contributed by atoms with Crippen molar-refractivity contribution < 1.29 is 17.9 Å². The van der Waals surface area contributed by atoms with Gasteiger partial charge in [-0.1, -0.05) is 51.9 Å². The molecular formula is C14H28O4S. The maximum atomic E-state index is 11.8. The third-order valence-electron chi connectivity index (χ3n) is 3.35. The number of ether oxygens (including phenoxy) is 1. The van der Waals surface area contributed by atoms with E-state index < -0.39 is 21.1 Å². The van der Waals surface area contributed by atoms with Crippen LogP contribution in [0.15, 0.2) is 0 Å². The van der Waals surface area contributed by atoms with Gasteiger partial charge in [0.1, 0.15) is 0 Å². The molecule has 5 heteroatoms. The molecule has 0 aliphatic carbocycles. The largest absolute Gasteiger partial charge is 0.468 e. The zero-order chi connectivity index (χ0) is 14.7. The summed E-state index contributed by atoms with van der Waals surface area (Å²) < 4.78 is 28.1. The van der Waals surface area contributed by atoms with E-state index >= 15 is 0 Å². The van der Waals surface area contributed by atoms with Gasteiger partial charge in [-0.3, -0.25) is 4.79 Å². The first kappa shape index (κ1) is 18.4. The van der Waals surface area contributed by atoms with Crippen LogP contribution in [0.1, 0.15) is 65.2 Å². The summed E-state index contributed by atoms with van der Waals surface area (Å²) in [5.74, 6) is -0.585. The Bertz CT molecular complexity index is 335. The molecule has 0 saturated carbocycles. The Kier molecular flexibility index (Phi) is 9.92. The van der Waals surface area contributed by atoms with E-state index in [0.29, 0.717) is 6.42 Å². The minimum Gasteiger partial charge on any atom is -0.468 e. The van der Waals surface area contributed by atoms with Gasteiger partial charge < -0.3 is 4.74 Å². The lowest BCUT2D eigenvalue weighted by Gasteiger charge is -2.10. The maximum Gasteiger partial charge on any atom is 0.323 e. The SMILES string of the molecule is CCCCCCCCCCS(=O)(=O)[C@H](C)C(=O)OC. The van der Waals surface area contributed by atoms with E-state index in [0.717, 1.165) is 12.8 Å². The Balaban J connectivity index is 3.73. The van der Waals surface area contributed by atoms with Crippen LogP contribution in [0.2, 0.25) is 0 Å². The van der Waals surface area contributed by atoms with Crippen LogP contribution in [0.25, 0.3) is 0 Å². The summed E-state index contributed by atoms with van der Waals surface area (Å²) in [5, 5.41) is -1.04. The molecule has 4 nitrogen and oxygen atoms in total. The molecule has 0 saturated heterocycles. The van der Waals surface area contributed by atoms with E-state index in [4.69, 9.17) is 0 Å². The van der Waals surface area contributed by atoms with Crippen LogP contribution in [0, 0.1) is 0 Å². The monoisotopic (exact) mass is 292 g/mol. The molecule has 0 aromatic rings. The van der Waals surface area contributed by atoms with Crippen molar-refractivity contribution in [1.29, 1.82) is 0 Å². The minimum absolute atomic E-state index is 0.0816. The molecule has 0 N–H and O–H groups in total. The summed E-state index contributed by atoms with van der Waals surface area (Å²) in [6, 6.07) is 0. The van der Waals surface area contributed by atoms with E-state index in [2.05, 4.69) is 11.7 Å². The van der Waals surface area contributed by atoms with Crippen molar-refractivity contribution in [3.05, 3.63) is 0 Å². The topological polar surface area (TPSA) is 60.4 Å². The van der Waals surface area contributed by atoms with Gasteiger partial charge in [0.15, 0.2) is 15.1 Å². The highest BCUT2D eigenvalue weighted by atomic mass is 32.2. The fourth-order valence-electron chi connectivity index (χ4n) is 1.93. The van der Waals surface area contributed by atoms with Crippen molar-refractivity contribution in [3.8, 4) is 0 Å². The number of carbonyl (C=O) groups is 1. The molecule has 0 aromatic carbocycles. The molecule has 19 heavy (non-hydrogen) atoms. The number of methoxy groups -OCH3 is 1. The van der Waals surface area contributed by atoms with Crippen molar-refractivity contribution in [3.63, 3.8) is 0 Å². The maximum absolute atomic E-state index is 11.8. The van der Waals surface area contributed by atoms with Crippen LogP contribution in [0.4, 0.5) is 0 Å². The number of sulfone groups is 1. The molecule has 0 heterocycles. The molecule has 0 unspecified atom stereocenters. The molecule has 1 atom stereocenters. The summed E-state index contributed by atoms with van der Waals surface area (Å²) in [7, 11) is -2.13. The fourth-order valence-corrected chi connectivity index (χ4v) is 3.28. The average molecular weight is 292 g/mol. The smallest absolute Gasteiger partial charge is 0.323 e. The summed E-state index contributed by atoms with van der Waals surface area (Å²) >= 11 is 0. The van der Waals surface area contributed by atoms with Crippen LogP contribution in [0.3, 0.4) is 0 Å². The van der Waals surface area contributed by atoms with Crippen molar-refractivity contribution in [2.75, 3.05) is 12.9 Å². The van der Waals surface area contributed by atoms with Gasteiger partial charge in [0.05, 0.1) is 12.9 Å². The molecule has 0 fully saturated rings. The van der Waals surface area contributed by atoms with E-state index in [1.54, 1.807) is 0 Å². The van der Waals surface area contributed by atoms with Crippen LogP contribution in [-0.2, 0) is 19.4 Å². The third kappa shape index (κ3) is 8.24. The van der Waals surface area contributed by atoms with Crippen molar-refractivity contribution in [2.45, 2.75) is 70.5 Å². The van der Waals surface area contributed by atoms with Crippen LogP contribution >= 0.6 is 0 Å². The van der Waals surface area contributed by atoms with E-state index in [-0.39, 0.29) is 5.75 Å². The Morgan fingerprint density at radius 2 is 1.47 bits per heavy atom. The van der Waals surface area contributed by atoms with E-state index in [1.807, 2.05) is 0 Å². The van der Waals surface area contributed by atoms with Crippen LogP contribution < -0.4 is 0 Å². The molecule has 0 bridgehead atoms. The van der Waals surface area contributed by atoms with Gasteiger partial charge in [0, 0.05) is 0 Å². The zero-order valence-electron chi connectivity index (χ0n) is 12.5. The number of unbranched alkanes of at least 4 members (excludes halogenated alkanes) is 7. The second-order valence-corrected chi connectivity index (χ2v) is 7.45. The highest BCUT2D eigenvalue weighted by Gasteiger charge is 2.27. The Morgan fingerprint density at radius 1 is 1.00 bits per heavy atom. The second-order valence-electron chi connectivity index (χ2n) is 5.01. The highest BCUT2D eigenvalue weighted by Crippen LogP contribution is 2.11. The third-order valence-corrected chi connectivity index (χ3v) is 5.48. The van der Waals surface area contributed by atoms with E-state index in [9.17, 15) is 13.2 Å².